The van der Waals surface area contributed by atoms with Gasteiger partial charge in [0, 0.05) is 60.1 Å². The number of aromatic amines is 1. The number of piperazine rings is 1. The molecule has 0 atom stereocenters. The predicted octanol–water partition coefficient (Wildman–Crippen LogP) is 4.37. The summed E-state index contributed by atoms with van der Waals surface area (Å²) < 4.78 is 5.60. The topological polar surface area (TPSA) is 73.5 Å². The summed E-state index contributed by atoms with van der Waals surface area (Å²) in [6, 6.07) is 17.9. The first-order valence-electron chi connectivity index (χ1n) is 11.1. The van der Waals surface area contributed by atoms with Crippen molar-refractivity contribution in [3.63, 3.8) is 0 Å². The van der Waals surface area contributed by atoms with Gasteiger partial charge in [-0.25, -0.2) is 0 Å². The highest BCUT2D eigenvalue weighted by molar-refractivity contribution is 5.95. The minimum Gasteiger partial charge on any atom is -0.495 e. The number of H-pyrrole nitrogens is 1. The average molecular weight is 442 g/mol. The molecule has 5 rings (SSSR count). The van der Waals surface area contributed by atoms with Crippen molar-refractivity contribution in [1.29, 1.82) is 0 Å². The van der Waals surface area contributed by atoms with Crippen molar-refractivity contribution in [1.82, 2.24) is 19.8 Å². The minimum absolute atomic E-state index is 0.0374. The van der Waals surface area contributed by atoms with Crippen LogP contribution >= 0.6 is 0 Å². The lowest BCUT2D eigenvalue weighted by Gasteiger charge is -2.32. The number of pyridine rings is 1. The second-order valence-electron chi connectivity index (χ2n) is 8.37. The van der Waals surface area contributed by atoms with Gasteiger partial charge in [-0.05, 0) is 43.4 Å². The van der Waals surface area contributed by atoms with E-state index in [0.717, 1.165) is 59.7 Å². The molecule has 4 aromatic rings. The van der Waals surface area contributed by atoms with Gasteiger partial charge < -0.3 is 24.8 Å². The third-order valence-corrected chi connectivity index (χ3v) is 6.10. The molecule has 1 fully saturated rings. The molecule has 0 aliphatic carbocycles. The number of aromatic nitrogens is 2. The number of likely N-dealkylation sites (N-methyl/N-ethyl adjacent to an activating group) is 1. The van der Waals surface area contributed by atoms with Crippen LogP contribution in [-0.2, 0) is 0 Å². The van der Waals surface area contributed by atoms with Crippen LogP contribution in [-0.4, -0.2) is 66.0 Å². The van der Waals surface area contributed by atoms with Crippen molar-refractivity contribution in [2.75, 3.05) is 45.7 Å². The SMILES string of the molecule is COc1cc(C(=O)N2CCN(C)CC2)ccc1Nc1cncc(-c2cc3ccccc3[nH]2)c1. The zero-order valence-corrected chi connectivity index (χ0v) is 18.8. The van der Waals surface area contributed by atoms with Crippen LogP contribution in [0, 0.1) is 0 Å². The van der Waals surface area contributed by atoms with E-state index in [1.54, 1.807) is 19.4 Å². The summed E-state index contributed by atoms with van der Waals surface area (Å²) >= 11 is 0. The molecule has 7 heteroatoms. The van der Waals surface area contributed by atoms with E-state index < -0.39 is 0 Å². The number of nitrogens with one attached hydrogen (secondary N) is 2. The monoisotopic (exact) mass is 441 g/mol. The number of nitrogens with zero attached hydrogens (tertiary/aromatic N) is 3. The van der Waals surface area contributed by atoms with Gasteiger partial charge >= 0.3 is 0 Å². The summed E-state index contributed by atoms with van der Waals surface area (Å²) in [5, 5.41) is 4.55. The van der Waals surface area contributed by atoms with Crippen LogP contribution in [0.25, 0.3) is 22.2 Å². The number of hydrogen-bond donors (Lipinski definition) is 2. The molecular formula is C26H27N5O2. The Labute approximate surface area is 193 Å². The number of carbonyl (C=O) groups is 1. The summed E-state index contributed by atoms with van der Waals surface area (Å²) in [6.07, 6.45) is 3.61. The molecule has 1 aliphatic rings. The third kappa shape index (κ3) is 4.40. The Morgan fingerprint density at radius 1 is 1.03 bits per heavy atom. The average Bonchev–Trinajstić information content (AvgIpc) is 3.29. The van der Waals surface area contributed by atoms with E-state index in [4.69, 9.17) is 4.74 Å². The molecule has 7 nitrogen and oxygen atoms in total. The fourth-order valence-corrected chi connectivity index (χ4v) is 4.16. The lowest BCUT2D eigenvalue weighted by atomic mass is 10.1. The fraction of sp³-hybridized carbons (Fsp3) is 0.231. The molecule has 1 amide bonds. The van der Waals surface area contributed by atoms with Crippen molar-refractivity contribution in [3.8, 4) is 17.0 Å². The highest BCUT2D eigenvalue weighted by Crippen LogP contribution is 2.31. The molecule has 0 spiro atoms. The molecule has 0 unspecified atom stereocenters. The molecule has 168 valence electrons. The largest absolute Gasteiger partial charge is 0.495 e. The second kappa shape index (κ2) is 8.96. The normalized spacial score (nSPS) is 14.4. The quantitative estimate of drug-likeness (QED) is 0.481. The first-order chi connectivity index (χ1) is 16.1. The Bertz CT molecular complexity index is 1260. The number of rotatable bonds is 5. The van der Waals surface area contributed by atoms with Crippen LogP contribution in [0.4, 0.5) is 11.4 Å². The smallest absolute Gasteiger partial charge is 0.254 e. The molecular weight excluding hydrogens is 414 g/mol. The number of methoxy groups -OCH3 is 1. The van der Waals surface area contributed by atoms with Crippen molar-refractivity contribution in [3.05, 3.63) is 72.6 Å². The zero-order chi connectivity index (χ0) is 22.8. The summed E-state index contributed by atoms with van der Waals surface area (Å²) in [7, 11) is 3.69. The number of amides is 1. The molecule has 0 saturated carbocycles. The molecule has 2 N–H and O–H groups in total. The van der Waals surface area contributed by atoms with E-state index >= 15 is 0 Å². The zero-order valence-electron chi connectivity index (χ0n) is 18.8. The first-order valence-corrected chi connectivity index (χ1v) is 11.1. The summed E-state index contributed by atoms with van der Waals surface area (Å²) in [6.45, 7) is 3.26. The Kier molecular flexibility index (Phi) is 5.71. The Morgan fingerprint density at radius 3 is 2.64 bits per heavy atom. The summed E-state index contributed by atoms with van der Waals surface area (Å²) in [5.74, 6) is 0.654. The fourth-order valence-electron chi connectivity index (χ4n) is 4.16. The maximum atomic E-state index is 12.9. The van der Waals surface area contributed by atoms with Crippen molar-refractivity contribution in [2.24, 2.45) is 0 Å². The Morgan fingerprint density at radius 2 is 1.85 bits per heavy atom. The molecule has 0 bridgehead atoms. The third-order valence-electron chi connectivity index (χ3n) is 6.10. The van der Waals surface area contributed by atoms with Gasteiger partial charge in [-0.15, -0.1) is 0 Å². The van der Waals surface area contributed by atoms with Crippen molar-refractivity contribution < 1.29 is 9.53 Å². The number of benzene rings is 2. The summed E-state index contributed by atoms with van der Waals surface area (Å²) in [4.78, 5) is 24.9. The molecule has 1 aliphatic heterocycles. The van der Waals surface area contributed by atoms with Gasteiger partial charge in [-0.3, -0.25) is 9.78 Å². The van der Waals surface area contributed by atoms with E-state index in [-0.39, 0.29) is 5.91 Å². The van der Waals surface area contributed by atoms with E-state index in [0.29, 0.717) is 11.3 Å². The van der Waals surface area contributed by atoms with Crippen LogP contribution in [0.2, 0.25) is 0 Å². The van der Waals surface area contributed by atoms with Gasteiger partial charge in [-0.2, -0.15) is 0 Å². The number of fused-ring (bicyclic) bond motifs is 1. The highest BCUT2D eigenvalue weighted by Gasteiger charge is 2.21. The first kappa shape index (κ1) is 21.0. The molecule has 33 heavy (non-hydrogen) atoms. The Hall–Kier alpha value is -3.84. The van der Waals surface area contributed by atoms with E-state index in [9.17, 15) is 4.79 Å². The number of anilines is 2. The summed E-state index contributed by atoms with van der Waals surface area (Å²) in [5.41, 5.74) is 5.33. The van der Waals surface area contributed by atoms with Crippen molar-refractivity contribution in [2.45, 2.75) is 0 Å². The predicted molar refractivity (Wildman–Crippen MR) is 131 cm³/mol. The van der Waals surface area contributed by atoms with Crippen LogP contribution in [0.1, 0.15) is 10.4 Å². The van der Waals surface area contributed by atoms with Gasteiger partial charge in [0.2, 0.25) is 0 Å². The van der Waals surface area contributed by atoms with Crippen LogP contribution in [0.15, 0.2) is 67.0 Å². The number of hydrogen-bond acceptors (Lipinski definition) is 5. The molecule has 1 saturated heterocycles. The van der Waals surface area contributed by atoms with E-state index in [1.165, 1.54) is 0 Å². The van der Waals surface area contributed by atoms with Crippen molar-refractivity contribution >= 4 is 28.2 Å². The van der Waals surface area contributed by atoms with Gasteiger partial charge in [0.05, 0.1) is 24.7 Å². The second-order valence-corrected chi connectivity index (χ2v) is 8.37. The minimum atomic E-state index is 0.0374. The van der Waals surface area contributed by atoms with Gasteiger partial charge in [0.1, 0.15) is 5.75 Å². The maximum absolute atomic E-state index is 12.9. The van der Waals surface area contributed by atoms with Gasteiger partial charge in [0.25, 0.3) is 5.91 Å². The van der Waals surface area contributed by atoms with Gasteiger partial charge in [-0.1, -0.05) is 18.2 Å². The van der Waals surface area contributed by atoms with E-state index in [1.807, 2.05) is 41.4 Å². The molecule has 3 heterocycles. The maximum Gasteiger partial charge on any atom is 0.254 e. The van der Waals surface area contributed by atoms with Crippen LogP contribution in [0.3, 0.4) is 0 Å². The van der Waals surface area contributed by atoms with Crippen LogP contribution in [0.5, 0.6) is 5.75 Å². The molecule has 2 aromatic carbocycles. The lowest BCUT2D eigenvalue weighted by molar-refractivity contribution is 0.0664. The van der Waals surface area contributed by atoms with E-state index in [2.05, 4.69) is 45.4 Å². The highest BCUT2D eigenvalue weighted by atomic mass is 16.5. The molecule has 2 aromatic heterocycles. The Balaban J connectivity index is 1.37. The number of para-hydroxylation sites is 1. The number of carbonyl (C=O) groups excluding carboxylic acids is 1. The van der Waals surface area contributed by atoms with Crippen LogP contribution < -0.4 is 10.1 Å². The molecule has 0 radical (unpaired) electrons. The lowest BCUT2D eigenvalue weighted by Crippen LogP contribution is -2.47. The standard InChI is InChI=1S/C26H27N5O2/c1-30-9-11-31(12-10-30)26(32)19-7-8-23(25(15-19)33-2)28-21-13-20(16-27-17-21)24-14-18-5-3-4-6-22(18)29-24/h3-8,13-17,28-29H,9-12H2,1-2H3. The van der Waals surface area contributed by atoms with Gasteiger partial charge in [0.15, 0.2) is 0 Å². The number of ether oxygens (including phenoxy) is 1.